The van der Waals surface area contributed by atoms with Crippen molar-refractivity contribution in [2.45, 2.75) is 51.7 Å². The van der Waals surface area contributed by atoms with Gasteiger partial charge in [0.15, 0.2) is 0 Å². The zero-order chi connectivity index (χ0) is 12.3. The van der Waals surface area contributed by atoms with Crippen molar-refractivity contribution < 1.29 is 9.84 Å². The van der Waals surface area contributed by atoms with Crippen LogP contribution in [0, 0.1) is 0 Å². The molecule has 2 rings (SSSR count). The van der Waals surface area contributed by atoms with Gasteiger partial charge in [-0.1, -0.05) is 32.0 Å². The standard InChI is InChI=1S/C15H22O2/c1-3-11-7-8-13(10-12(11)4-2)15(16)14-6-5-9-17-14/h7-8,10,14-16H,3-6,9H2,1-2H3. The number of aliphatic hydroxyl groups excluding tert-OH is 1. The van der Waals surface area contributed by atoms with E-state index in [4.69, 9.17) is 4.74 Å². The average Bonchev–Trinajstić information content (AvgIpc) is 2.90. The molecule has 0 amide bonds. The van der Waals surface area contributed by atoms with Gasteiger partial charge in [-0.3, -0.25) is 0 Å². The third-order valence-corrected chi connectivity index (χ3v) is 3.65. The maximum Gasteiger partial charge on any atom is 0.105 e. The van der Waals surface area contributed by atoms with E-state index in [0.29, 0.717) is 0 Å². The summed E-state index contributed by atoms with van der Waals surface area (Å²) in [6.45, 7) is 5.12. The largest absolute Gasteiger partial charge is 0.386 e. The Morgan fingerprint density at radius 2 is 2.06 bits per heavy atom. The molecule has 0 saturated carbocycles. The molecule has 1 aromatic rings. The van der Waals surface area contributed by atoms with Gasteiger partial charge in [-0.15, -0.1) is 0 Å². The van der Waals surface area contributed by atoms with Crippen molar-refractivity contribution in [3.63, 3.8) is 0 Å². The molecule has 1 N–H and O–H groups in total. The molecule has 1 fully saturated rings. The number of ether oxygens (including phenoxy) is 1. The van der Waals surface area contributed by atoms with Gasteiger partial charge in [0.2, 0.25) is 0 Å². The van der Waals surface area contributed by atoms with Gasteiger partial charge in [-0.25, -0.2) is 0 Å². The van der Waals surface area contributed by atoms with Gasteiger partial charge in [0.25, 0.3) is 0 Å². The fourth-order valence-corrected chi connectivity index (χ4v) is 2.57. The maximum atomic E-state index is 10.3. The van der Waals surface area contributed by atoms with Crippen LogP contribution in [0.1, 0.15) is 49.5 Å². The van der Waals surface area contributed by atoms with Crippen molar-refractivity contribution in [3.05, 3.63) is 34.9 Å². The van der Waals surface area contributed by atoms with Crippen LogP contribution in [0.3, 0.4) is 0 Å². The van der Waals surface area contributed by atoms with E-state index in [1.807, 2.05) is 6.07 Å². The number of hydrogen-bond donors (Lipinski definition) is 1. The van der Waals surface area contributed by atoms with Gasteiger partial charge in [0, 0.05) is 6.61 Å². The van der Waals surface area contributed by atoms with E-state index in [9.17, 15) is 5.11 Å². The second-order valence-electron chi connectivity index (χ2n) is 4.73. The first-order valence-electron chi connectivity index (χ1n) is 6.67. The molecule has 1 aliphatic rings. The van der Waals surface area contributed by atoms with Gasteiger partial charge in [0.05, 0.1) is 6.10 Å². The van der Waals surface area contributed by atoms with Crippen molar-refractivity contribution >= 4 is 0 Å². The molecule has 1 aliphatic heterocycles. The topological polar surface area (TPSA) is 29.5 Å². The summed E-state index contributed by atoms with van der Waals surface area (Å²) in [5, 5.41) is 10.3. The summed E-state index contributed by atoms with van der Waals surface area (Å²) >= 11 is 0. The molecule has 1 aromatic carbocycles. The molecule has 0 aliphatic carbocycles. The van der Waals surface area contributed by atoms with Crippen molar-refractivity contribution in [1.29, 1.82) is 0 Å². The minimum atomic E-state index is -0.464. The van der Waals surface area contributed by atoms with Crippen LogP contribution in [0.4, 0.5) is 0 Å². The predicted octanol–water partition coefficient (Wildman–Crippen LogP) is 3.02. The highest BCUT2D eigenvalue weighted by atomic mass is 16.5. The molecule has 2 atom stereocenters. The van der Waals surface area contributed by atoms with Gasteiger partial charge >= 0.3 is 0 Å². The first-order chi connectivity index (χ1) is 8.26. The number of benzene rings is 1. The molecule has 2 heteroatoms. The van der Waals surface area contributed by atoms with Gasteiger partial charge in [-0.2, -0.15) is 0 Å². The first kappa shape index (κ1) is 12.6. The zero-order valence-corrected chi connectivity index (χ0v) is 10.8. The van der Waals surface area contributed by atoms with E-state index in [-0.39, 0.29) is 6.10 Å². The van der Waals surface area contributed by atoms with E-state index >= 15 is 0 Å². The lowest BCUT2D eigenvalue weighted by molar-refractivity contribution is -0.00262. The van der Waals surface area contributed by atoms with Crippen LogP contribution in [-0.2, 0) is 17.6 Å². The number of rotatable bonds is 4. The molecule has 17 heavy (non-hydrogen) atoms. The molecule has 0 radical (unpaired) electrons. The number of hydrogen-bond acceptors (Lipinski definition) is 2. The minimum Gasteiger partial charge on any atom is -0.386 e. The lowest BCUT2D eigenvalue weighted by Gasteiger charge is -2.19. The Labute approximate surface area is 104 Å². The Bertz CT molecular complexity index is 367. The molecule has 94 valence electrons. The van der Waals surface area contributed by atoms with Crippen LogP contribution >= 0.6 is 0 Å². The molecular weight excluding hydrogens is 212 g/mol. The molecule has 1 saturated heterocycles. The van der Waals surface area contributed by atoms with Crippen LogP contribution in [0.15, 0.2) is 18.2 Å². The van der Waals surface area contributed by atoms with Gasteiger partial charge in [-0.05, 0) is 42.4 Å². The molecule has 2 nitrogen and oxygen atoms in total. The highest BCUT2D eigenvalue weighted by Crippen LogP contribution is 2.28. The quantitative estimate of drug-likeness (QED) is 0.867. The maximum absolute atomic E-state index is 10.3. The Balaban J connectivity index is 2.20. The van der Waals surface area contributed by atoms with Crippen molar-refractivity contribution in [1.82, 2.24) is 0 Å². The van der Waals surface area contributed by atoms with Gasteiger partial charge in [0.1, 0.15) is 6.10 Å². The summed E-state index contributed by atoms with van der Waals surface area (Å²) < 4.78 is 5.55. The minimum absolute atomic E-state index is 0.00724. The molecule has 0 aromatic heterocycles. The highest BCUT2D eigenvalue weighted by Gasteiger charge is 2.25. The Kier molecular flexibility index (Phi) is 4.19. The predicted molar refractivity (Wildman–Crippen MR) is 69.1 cm³/mol. The average molecular weight is 234 g/mol. The van der Waals surface area contributed by atoms with Crippen molar-refractivity contribution in [3.8, 4) is 0 Å². The summed E-state index contributed by atoms with van der Waals surface area (Å²) in [5.41, 5.74) is 3.74. The van der Waals surface area contributed by atoms with Crippen molar-refractivity contribution in [2.75, 3.05) is 6.61 Å². The van der Waals surface area contributed by atoms with Crippen LogP contribution in [0.2, 0.25) is 0 Å². The van der Waals surface area contributed by atoms with E-state index in [0.717, 1.165) is 37.9 Å². The van der Waals surface area contributed by atoms with Crippen molar-refractivity contribution in [2.24, 2.45) is 0 Å². The summed E-state index contributed by atoms with van der Waals surface area (Å²) in [6.07, 6.45) is 3.64. The van der Waals surface area contributed by atoms with E-state index in [1.165, 1.54) is 11.1 Å². The fraction of sp³-hybridized carbons (Fsp3) is 0.600. The molecular formula is C15H22O2. The van der Waals surface area contributed by atoms with E-state index in [2.05, 4.69) is 26.0 Å². The highest BCUT2D eigenvalue weighted by molar-refractivity contribution is 5.33. The Hall–Kier alpha value is -0.860. The van der Waals surface area contributed by atoms with E-state index in [1.54, 1.807) is 0 Å². The third kappa shape index (κ3) is 2.70. The second kappa shape index (κ2) is 5.65. The Morgan fingerprint density at radius 3 is 2.65 bits per heavy atom. The molecule has 0 bridgehead atoms. The van der Waals surface area contributed by atoms with Gasteiger partial charge < -0.3 is 9.84 Å². The lowest BCUT2D eigenvalue weighted by atomic mass is 9.95. The zero-order valence-electron chi connectivity index (χ0n) is 10.8. The van der Waals surface area contributed by atoms with E-state index < -0.39 is 6.10 Å². The lowest BCUT2D eigenvalue weighted by Crippen LogP contribution is -2.17. The van der Waals surface area contributed by atoms with Crippen LogP contribution in [-0.4, -0.2) is 17.8 Å². The Morgan fingerprint density at radius 1 is 1.29 bits per heavy atom. The van der Waals surface area contributed by atoms with Crippen LogP contribution in [0.5, 0.6) is 0 Å². The summed E-state index contributed by atoms with van der Waals surface area (Å²) in [6, 6.07) is 6.34. The monoisotopic (exact) mass is 234 g/mol. The number of aliphatic hydroxyl groups is 1. The smallest absolute Gasteiger partial charge is 0.105 e. The second-order valence-corrected chi connectivity index (χ2v) is 4.73. The van der Waals surface area contributed by atoms with Crippen LogP contribution in [0.25, 0.3) is 0 Å². The summed E-state index contributed by atoms with van der Waals surface area (Å²) in [4.78, 5) is 0. The summed E-state index contributed by atoms with van der Waals surface area (Å²) in [7, 11) is 0. The molecule has 1 heterocycles. The van der Waals surface area contributed by atoms with Crippen LogP contribution < -0.4 is 0 Å². The first-order valence-corrected chi connectivity index (χ1v) is 6.67. The third-order valence-electron chi connectivity index (χ3n) is 3.65. The summed E-state index contributed by atoms with van der Waals surface area (Å²) in [5.74, 6) is 0. The fourth-order valence-electron chi connectivity index (χ4n) is 2.57. The SMILES string of the molecule is CCc1ccc(C(O)C2CCCO2)cc1CC. The molecule has 2 unspecified atom stereocenters. The number of aryl methyl sites for hydroxylation is 2. The molecule has 0 spiro atoms. The normalized spacial score (nSPS) is 21.7.